The Morgan fingerprint density at radius 2 is 1.68 bits per heavy atom. The van der Waals surface area contributed by atoms with Crippen LogP contribution in [0.1, 0.15) is 39.7 Å². The van der Waals surface area contributed by atoms with E-state index in [2.05, 4.69) is 32.3 Å². The third-order valence-electron chi connectivity index (χ3n) is 1.76. The number of likely N-dealkylation sites (N-methyl/N-ethyl adjacent to an activating group) is 1. The van der Waals surface area contributed by atoms with Crippen molar-refractivity contribution in [2.75, 3.05) is 6.54 Å². The van der Waals surface area contributed by atoms with Crippen molar-refractivity contribution >= 4 is 12.0 Å². The quantitative estimate of drug-likeness (QED) is 0.800. The molecule has 0 aromatic heterocycles. The lowest BCUT2D eigenvalue weighted by atomic mass is 10.2. The number of carbonyl (C=O) groups excluding carboxylic acids is 1. The van der Waals surface area contributed by atoms with Crippen molar-refractivity contribution in [3.05, 3.63) is 54.6 Å². The number of benzene rings is 1. The van der Waals surface area contributed by atoms with E-state index in [-0.39, 0.29) is 5.91 Å². The van der Waals surface area contributed by atoms with Gasteiger partial charge in [-0.25, -0.2) is 0 Å². The standard InChI is InChI=1S/C8H8.C6H11NO.C3H8/c1-2-8-6-4-3-5-7-8;1-4-7-6(8)5(2)3;1-3-2/h2-7H,1H2;2,4H2,1,3H3,(H,7,8);3H2,1-2H3. The summed E-state index contributed by atoms with van der Waals surface area (Å²) < 4.78 is 0. The molecule has 0 bridgehead atoms. The summed E-state index contributed by atoms with van der Waals surface area (Å²) in [5, 5.41) is 2.61. The van der Waals surface area contributed by atoms with Crippen LogP contribution in [0.15, 0.2) is 49.1 Å². The van der Waals surface area contributed by atoms with Crippen LogP contribution in [0.25, 0.3) is 6.08 Å². The summed E-state index contributed by atoms with van der Waals surface area (Å²) >= 11 is 0. The Bertz CT molecular complexity index is 355. The predicted molar refractivity (Wildman–Crippen MR) is 86.0 cm³/mol. The van der Waals surface area contributed by atoms with E-state index in [0.29, 0.717) is 12.1 Å². The molecule has 0 unspecified atom stereocenters. The molecule has 2 heteroatoms. The first kappa shape index (κ1) is 19.5. The molecule has 0 saturated heterocycles. The summed E-state index contributed by atoms with van der Waals surface area (Å²) in [7, 11) is 0. The number of hydrogen-bond acceptors (Lipinski definition) is 1. The minimum atomic E-state index is -0.0625. The van der Waals surface area contributed by atoms with Crippen molar-refractivity contribution < 1.29 is 4.79 Å². The summed E-state index contributed by atoms with van der Waals surface area (Å²) in [6.45, 7) is 15.6. The van der Waals surface area contributed by atoms with E-state index in [0.717, 1.165) is 0 Å². The molecular weight excluding hydrogens is 234 g/mol. The van der Waals surface area contributed by atoms with Gasteiger partial charge in [0.1, 0.15) is 0 Å². The Balaban J connectivity index is 0. The SMILES string of the molecule is C=C(C)C(=O)NCC.C=Cc1ccccc1.CCC. The van der Waals surface area contributed by atoms with Crippen LogP contribution in [-0.2, 0) is 4.79 Å². The number of amides is 1. The van der Waals surface area contributed by atoms with Gasteiger partial charge in [-0.05, 0) is 19.4 Å². The van der Waals surface area contributed by atoms with Crippen LogP contribution in [0.2, 0.25) is 0 Å². The van der Waals surface area contributed by atoms with Crippen molar-refractivity contribution in [1.82, 2.24) is 5.32 Å². The largest absolute Gasteiger partial charge is 0.353 e. The van der Waals surface area contributed by atoms with Gasteiger partial charge in [-0.15, -0.1) is 0 Å². The van der Waals surface area contributed by atoms with Gasteiger partial charge < -0.3 is 5.32 Å². The summed E-state index contributed by atoms with van der Waals surface area (Å²) in [6.07, 6.45) is 3.08. The Labute approximate surface area is 118 Å². The highest BCUT2D eigenvalue weighted by atomic mass is 16.1. The molecule has 0 aliphatic rings. The van der Waals surface area contributed by atoms with Crippen molar-refractivity contribution in [3.8, 4) is 0 Å². The van der Waals surface area contributed by atoms with Crippen LogP contribution in [0, 0.1) is 0 Å². The van der Waals surface area contributed by atoms with E-state index in [1.165, 1.54) is 12.0 Å². The summed E-state index contributed by atoms with van der Waals surface area (Å²) in [5.41, 5.74) is 1.74. The van der Waals surface area contributed by atoms with Gasteiger partial charge in [0.15, 0.2) is 0 Å². The number of hydrogen-bond donors (Lipinski definition) is 1. The fourth-order valence-electron chi connectivity index (χ4n) is 0.901. The molecule has 1 amide bonds. The third kappa shape index (κ3) is 14.1. The maximum absolute atomic E-state index is 10.5. The lowest BCUT2D eigenvalue weighted by Gasteiger charge is -1.97. The van der Waals surface area contributed by atoms with E-state index in [4.69, 9.17) is 0 Å². The van der Waals surface area contributed by atoms with E-state index >= 15 is 0 Å². The normalized spacial score (nSPS) is 8.00. The molecule has 0 atom stereocenters. The number of carbonyl (C=O) groups is 1. The van der Waals surface area contributed by atoms with Gasteiger partial charge in [0.2, 0.25) is 5.91 Å². The second-order valence-corrected chi connectivity index (χ2v) is 3.96. The summed E-state index contributed by atoms with van der Waals surface area (Å²) in [6, 6.07) is 10.0. The van der Waals surface area contributed by atoms with Crippen molar-refractivity contribution in [2.45, 2.75) is 34.1 Å². The Kier molecular flexibility index (Phi) is 14.6. The smallest absolute Gasteiger partial charge is 0.246 e. The molecule has 0 fully saturated rings. The minimum Gasteiger partial charge on any atom is -0.353 e. The highest BCUT2D eigenvalue weighted by molar-refractivity contribution is 5.91. The molecular formula is C17H27NO. The predicted octanol–water partition coefficient (Wildman–Crippen LogP) is 4.44. The van der Waals surface area contributed by atoms with Crippen LogP contribution in [0.3, 0.4) is 0 Å². The van der Waals surface area contributed by atoms with Crippen LogP contribution < -0.4 is 5.32 Å². The Morgan fingerprint density at radius 1 is 1.21 bits per heavy atom. The monoisotopic (exact) mass is 261 g/mol. The van der Waals surface area contributed by atoms with E-state index < -0.39 is 0 Å². The molecule has 2 nitrogen and oxygen atoms in total. The van der Waals surface area contributed by atoms with Gasteiger partial charge in [-0.2, -0.15) is 0 Å². The van der Waals surface area contributed by atoms with Gasteiger partial charge in [-0.1, -0.05) is 69.8 Å². The highest BCUT2D eigenvalue weighted by Gasteiger charge is 1.95. The average Bonchev–Trinajstić information content (AvgIpc) is 2.41. The van der Waals surface area contributed by atoms with Crippen molar-refractivity contribution in [3.63, 3.8) is 0 Å². The highest BCUT2D eigenvalue weighted by Crippen LogP contribution is 1.97. The van der Waals surface area contributed by atoms with E-state index in [1.807, 2.05) is 43.3 Å². The maximum atomic E-state index is 10.5. The minimum absolute atomic E-state index is 0.0625. The lowest BCUT2D eigenvalue weighted by Crippen LogP contribution is -2.22. The molecule has 0 aliphatic heterocycles. The maximum Gasteiger partial charge on any atom is 0.246 e. The van der Waals surface area contributed by atoms with Gasteiger partial charge in [0, 0.05) is 12.1 Å². The van der Waals surface area contributed by atoms with Gasteiger partial charge in [0.05, 0.1) is 0 Å². The Hall–Kier alpha value is -1.83. The topological polar surface area (TPSA) is 29.1 Å². The molecule has 0 radical (unpaired) electrons. The number of nitrogens with one attached hydrogen (secondary N) is 1. The molecule has 1 aromatic carbocycles. The summed E-state index contributed by atoms with van der Waals surface area (Å²) in [5.74, 6) is -0.0625. The molecule has 0 saturated carbocycles. The molecule has 0 aliphatic carbocycles. The zero-order valence-corrected chi connectivity index (χ0v) is 12.7. The van der Waals surface area contributed by atoms with Crippen molar-refractivity contribution in [1.29, 1.82) is 0 Å². The van der Waals surface area contributed by atoms with Crippen LogP contribution in [0.4, 0.5) is 0 Å². The zero-order chi connectivity index (χ0) is 15.1. The average molecular weight is 261 g/mol. The van der Waals surface area contributed by atoms with E-state index in [1.54, 1.807) is 6.92 Å². The zero-order valence-electron chi connectivity index (χ0n) is 12.7. The second-order valence-electron chi connectivity index (χ2n) is 3.96. The fraction of sp³-hybridized carbons (Fsp3) is 0.353. The fourth-order valence-corrected chi connectivity index (χ4v) is 0.901. The van der Waals surface area contributed by atoms with Crippen LogP contribution in [-0.4, -0.2) is 12.5 Å². The Morgan fingerprint density at radius 3 is 1.89 bits per heavy atom. The lowest BCUT2D eigenvalue weighted by molar-refractivity contribution is -0.117. The second kappa shape index (κ2) is 14.2. The molecule has 0 heterocycles. The first-order valence-electron chi connectivity index (χ1n) is 6.64. The number of rotatable bonds is 3. The first-order valence-corrected chi connectivity index (χ1v) is 6.64. The molecule has 19 heavy (non-hydrogen) atoms. The van der Waals surface area contributed by atoms with Crippen molar-refractivity contribution in [2.24, 2.45) is 0 Å². The molecule has 1 N–H and O–H groups in total. The van der Waals surface area contributed by atoms with Gasteiger partial charge in [-0.3, -0.25) is 4.79 Å². The van der Waals surface area contributed by atoms with Gasteiger partial charge >= 0.3 is 0 Å². The van der Waals surface area contributed by atoms with Gasteiger partial charge in [0.25, 0.3) is 0 Å². The van der Waals surface area contributed by atoms with Crippen LogP contribution >= 0.6 is 0 Å². The summed E-state index contributed by atoms with van der Waals surface area (Å²) in [4.78, 5) is 10.5. The van der Waals surface area contributed by atoms with Crippen LogP contribution in [0.5, 0.6) is 0 Å². The molecule has 0 spiro atoms. The molecule has 1 rings (SSSR count). The first-order chi connectivity index (χ1) is 9.03. The van der Waals surface area contributed by atoms with E-state index in [9.17, 15) is 4.79 Å². The third-order valence-corrected chi connectivity index (χ3v) is 1.76. The molecule has 1 aromatic rings. The molecule has 106 valence electrons.